The maximum Gasteiger partial charge on any atom is 0.220 e. The van der Waals surface area contributed by atoms with Crippen LogP contribution < -0.4 is 16.0 Å². The minimum absolute atomic E-state index is 0.0531. The van der Waals surface area contributed by atoms with Crippen molar-refractivity contribution in [2.75, 3.05) is 19.6 Å². The average Bonchev–Trinajstić information content (AvgIpc) is 2.57. The zero-order valence-electron chi connectivity index (χ0n) is 14.8. The molecule has 3 amide bonds. The number of rotatable bonds is 9. The monoisotopic (exact) mass is 345 g/mol. The van der Waals surface area contributed by atoms with Gasteiger partial charge >= 0.3 is 0 Å². The molecule has 0 saturated heterocycles. The van der Waals surface area contributed by atoms with E-state index < -0.39 is 0 Å². The maximum atomic E-state index is 12.0. The summed E-state index contributed by atoms with van der Waals surface area (Å²) in [5, 5.41) is 8.26. The zero-order chi connectivity index (χ0) is 18.1. The predicted octanol–water partition coefficient (Wildman–Crippen LogP) is 1.26. The third-order valence-electron chi connectivity index (χ3n) is 4.72. The molecule has 6 heteroatoms. The second kappa shape index (κ2) is 9.20. The van der Waals surface area contributed by atoms with Gasteiger partial charge in [-0.3, -0.25) is 14.4 Å². The summed E-state index contributed by atoms with van der Waals surface area (Å²) in [5.74, 6) is -0.405. The minimum Gasteiger partial charge on any atom is -0.355 e. The second-order valence-corrected chi connectivity index (χ2v) is 6.61. The lowest BCUT2D eigenvalue weighted by atomic mass is 9.64. The van der Waals surface area contributed by atoms with Crippen molar-refractivity contribution in [3.63, 3.8) is 0 Å². The van der Waals surface area contributed by atoms with Gasteiger partial charge in [-0.15, -0.1) is 0 Å². The highest BCUT2D eigenvalue weighted by atomic mass is 16.2. The number of nitrogens with one attached hydrogen (secondary N) is 3. The SMILES string of the molecule is CC(=O)NCCNC(=O)CCC(=O)NCC1(c2ccccc2)CCC1. The normalized spacial score (nSPS) is 14.9. The van der Waals surface area contributed by atoms with Crippen LogP contribution in [-0.4, -0.2) is 37.4 Å². The number of amides is 3. The van der Waals surface area contributed by atoms with Gasteiger partial charge in [0.25, 0.3) is 0 Å². The Balaban J connectivity index is 1.67. The summed E-state index contributed by atoms with van der Waals surface area (Å²) in [6.07, 6.45) is 3.68. The van der Waals surface area contributed by atoms with E-state index in [2.05, 4.69) is 28.1 Å². The maximum absolute atomic E-state index is 12.0. The lowest BCUT2D eigenvalue weighted by Crippen LogP contribution is -2.45. The molecular formula is C19H27N3O3. The van der Waals surface area contributed by atoms with Crippen molar-refractivity contribution in [2.45, 2.75) is 44.4 Å². The molecule has 0 bridgehead atoms. The van der Waals surface area contributed by atoms with Gasteiger partial charge in [0.15, 0.2) is 0 Å². The van der Waals surface area contributed by atoms with E-state index in [-0.39, 0.29) is 36.0 Å². The zero-order valence-corrected chi connectivity index (χ0v) is 14.8. The molecule has 25 heavy (non-hydrogen) atoms. The Bertz CT molecular complexity index is 597. The smallest absolute Gasteiger partial charge is 0.220 e. The lowest BCUT2D eigenvalue weighted by molar-refractivity contribution is -0.126. The Morgan fingerprint density at radius 1 is 0.920 bits per heavy atom. The van der Waals surface area contributed by atoms with Gasteiger partial charge in [0, 0.05) is 44.8 Å². The van der Waals surface area contributed by atoms with E-state index in [0.717, 1.165) is 12.8 Å². The van der Waals surface area contributed by atoms with E-state index in [1.165, 1.54) is 18.9 Å². The fraction of sp³-hybridized carbons (Fsp3) is 0.526. The molecule has 1 aliphatic rings. The van der Waals surface area contributed by atoms with Crippen LogP contribution in [0.1, 0.15) is 44.6 Å². The average molecular weight is 345 g/mol. The second-order valence-electron chi connectivity index (χ2n) is 6.61. The van der Waals surface area contributed by atoms with Gasteiger partial charge in [-0.1, -0.05) is 36.8 Å². The molecule has 0 unspecified atom stereocenters. The van der Waals surface area contributed by atoms with Crippen LogP contribution in [0.5, 0.6) is 0 Å². The van der Waals surface area contributed by atoms with Crippen molar-refractivity contribution in [2.24, 2.45) is 0 Å². The van der Waals surface area contributed by atoms with Gasteiger partial charge in [0.05, 0.1) is 0 Å². The fourth-order valence-electron chi connectivity index (χ4n) is 3.07. The van der Waals surface area contributed by atoms with Crippen LogP contribution in [0.2, 0.25) is 0 Å². The number of carbonyl (C=O) groups is 3. The summed E-state index contributed by atoms with van der Waals surface area (Å²) in [5.41, 5.74) is 1.33. The first-order valence-corrected chi connectivity index (χ1v) is 8.85. The highest BCUT2D eigenvalue weighted by Crippen LogP contribution is 2.43. The molecule has 0 atom stereocenters. The van der Waals surface area contributed by atoms with Crippen molar-refractivity contribution in [3.05, 3.63) is 35.9 Å². The van der Waals surface area contributed by atoms with Crippen LogP contribution in [0.3, 0.4) is 0 Å². The summed E-state index contributed by atoms with van der Waals surface area (Å²) in [4.78, 5) is 34.4. The first-order chi connectivity index (χ1) is 12.0. The number of hydrogen-bond donors (Lipinski definition) is 3. The summed E-state index contributed by atoms with van der Waals surface area (Å²) in [6, 6.07) is 10.3. The Labute approximate surface area is 148 Å². The quantitative estimate of drug-likeness (QED) is 0.589. The molecule has 0 heterocycles. The highest BCUT2D eigenvalue weighted by Gasteiger charge is 2.38. The molecule has 136 valence electrons. The van der Waals surface area contributed by atoms with Gasteiger partial charge in [-0.25, -0.2) is 0 Å². The number of hydrogen-bond acceptors (Lipinski definition) is 3. The molecule has 0 aromatic heterocycles. The molecule has 1 fully saturated rings. The molecule has 2 rings (SSSR count). The van der Waals surface area contributed by atoms with Crippen LogP contribution in [0.25, 0.3) is 0 Å². The molecular weight excluding hydrogens is 318 g/mol. The van der Waals surface area contributed by atoms with Crippen LogP contribution in [0.4, 0.5) is 0 Å². The third-order valence-corrected chi connectivity index (χ3v) is 4.72. The van der Waals surface area contributed by atoms with Crippen molar-refractivity contribution >= 4 is 17.7 Å². The van der Waals surface area contributed by atoms with Gasteiger partial charge in [0.1, 0.15) is 0 Å². The Morgan fingerprint density at radius 2 is 1.52 bits per heavy atom. The Morgan fingerprint density at radius 3 is 2.08 bits per heavy atom. The van der Waals surface area contributed by atoms with Gasteiger partial charge < -0.3 is 16.0 Å². The van der Waals surface area contributed by atoms with Crippen LogP contribution >= 0.6 is 0 Å². The largest absolute Gasteiger partial charge is 0.355 e. The van der Waals surface area contributed by atoms with Gasteiger partial charge in [-0.2, -0.15) is 0 Å². The van der Waals surface area contributed by atoms with Crippen LogP contribution in [-0.2, 0) is 19.8 Å². The van der Waals surface area contributed by atoms with E-state index >= 15 is 0 Å². The number of carbonyl (C=O) groups excluding carboxylic acids is 3. The van der Waals surface area contributed by atoms with Crippen molar-refractivity contribution in [3.8, 4) is 0 Å². The molecule has 1 aromatic carbocycles. The summed E-state index contributed by atoms with van der Waals surface area (Å²) in [6.45, 7) is 2.82. The van der Waals surface area contributed by atoms with Crippen LogP contribution in [0, 0.1) is 0 Å². The predicted molar refractivity (Wildman–Crippen MR) is 95.9 cm³/mol. The standard InChI is InChI=1S/C19H27N3O3/c1-15(23)20-12-13-21-17(24)8-9-18(25)22-14-19(10-5-11-19)16-6-3-2-4-7-16/h2-4,6-7H,5,8-14H2,1H3,(H,20,23)(H,21,24)(H,22,25). The summed E-state index contributed by atoms with van der Waals surface area (Å²) in [7, 11) is 0. The van der Waals surface area contributed by atoms with Gasteiger partial charge in [0.2, 0.25) is 17.7 Å². The minimum atomic E-state index is -0.179. The topological polar surface area (TPSA) is 87.3 Å². The van der Waals surface area contributed by atoms with Crippen molar-refractivity contribution in [1.82, 2.24) is 16.0 Å². The Kier molecular flexibility index (Phi) is 6.98. The molecule has 1 saturated carbocycles. The molecule has 0 spiro atoms. The molecule has 0 radical (unpaired) electrons. The first-order valence-electron chi connectivity index (χ1n) is 8.85. The highest BCUT2D eigenvalue weighted by molar-refractivity contribution is 5.83. The first kappa shape index (κ1) is 19.0. The van der Waals surface area contributed by atoms with E-state index in [4.69, 9.17) is 0 Å². The van der Waals surface area contributed by atoms with Crippen LogP contribution in [0.15, 0.2) is 30.3 Å². The lowest BCUT2D eigenvalue weighted by Gasteiger charge is -2.42. The van der Waals surface area contributed by atoms with E-state index in [1.807, 2.05) is 18.2 Å². The number of benzene rings is 1. The van der Waals surface area contributed by atoms with E-state index in [1.54, 1.807) is 0 Å². The third kappa shape index (κ3) is 5.89. The molecule has 3 N–H and O–H groups in total. The Hall–Kier alpha value is -2.37. The van der Waals surface area contributed by atoms with E-state index in [9.17, 15) is 14.4 Å². The molecule has 0 aliphatic heterocycles. The van der Waals surface area contributed by atoms with Crippen molar-refractivity contribution < 1.29 is 14.4 Å². The molecule has 1 aromatic rings. The fourth-order valence-corrected chi connectivity index (χ4v) is 3.07. The molecule has 6 nitrogen and oxygen atoms in total. The van der Waals surface area contributed by atoms with Crippen molar-refractivity contribution in [1.29, 1.82) is 0 Å². The molecule has 1 aliphatic carbocycles. The van der Waals surface area contributed by atoms with Gasteiger partial charge in [-0.05, 0) is 18.4 Å². The summed E-state index contributed by atoms with van der Waals surface area (Å²) < 4.78 is 0. The van der Waals surface area contributed by atoms with E-state index in [0.29, 0.717) is 19.6 Å². The summed E-state index contributed by atoms with van der Waals surface area (Å²) >= 11 is 0.